The standard InChI is InChI=1S/C10H12N2O/c1-13-7-3-2-4-10-6-5-9(11)8-12-10/h5-6,8H,3,7,11H2,1H3. The number of nitrogens with zero attached hydrogens (tertiary/aromatic N) is 1. The number of hydrogen-bond donors (Lipinski definition) is 1. The van der Waals surface area contributed by atoms with E-state index in [1.54, 1.807) is 25.4 Å². The zero-order chi connectivity index (χ0) is 9.52. The van der Waals surface area contributed by atoms with Gasteiger partial charge in [0.15, 0.2) is 0 Å². The molecule has 0 aliphatic heterocycles. The van der Waals surface area contributed by atoms with E-state index in [0.717, 1.165) is 12.1 Å². The second kappa shape index (κ2) is 5.18. The van der Waals surface area contributed by atoms with E-state index < -0.39 is 0 Å². The first kappa shape index (κ1) is 9.56. The number of rotatable bonds is 2. The molecule has 1 rings (SSSR count). The Bertz CT molecular complexity index is 308. The van der Waals surface area contributed by atoms with Crippen LogP contribution in [0.25, 0.3) is 0 Å². The molecule has 0 aliphatic carbocycles. The summed E-state index contributed by atoms with van der Waals surface area (Å²) in [6.07, 6.45) is 2.32. The molecule has 0 unspecified atom stereocenters. The van der Waals surface area contributed by atoms with Crippen LogP contribution in [0.4, 0.5) is 5.69 Å². The number of ether oxygens (including phenoxy) is 1. The second-order valence-corrected chi connectivity index (χ2v) is 2.52. The minimum Gasteiger partial charge on any atom is -0.397 e. The van der Waals surface area contributed by atoms with E-state index in [1.165, 1.54) is 0 Å². The third kappa shape index (κ3) is 3.59. The summed E-state index contributed by atoms with van der Waals surface area (Å²) < 4.78 is 4.86. The molecule has 68 valence electrons. The van der Waals surface area contributed by atoms with Crippen molar-refractivity contribution < 1.29 is 4.74 Å². The van der Waals surface area contributed by atoms with Crippen molar-refractivity contribution in [3.05, 3.63) is 24.0 Å². The molecule has 0 aliphatic rings. The van der Waals surface area contributed by atoms with Crippen molar-refractivity contribution in [1.82, 2.24) is 4.98 Å². The third-order valence-corrected chi connectivity index (χ3v) is 1.43. The maximum atomic E-state index is 5.47. The van der Waals surface area contributed by atoms with Crippen molar-refractivity contribution in [2.75, 3.05) is 19.5 Å². The summed E-state index contributed by atoms with van der Waals surface area (Å²) in [5.74, 6) is 5.85. The summed E-state index contributed by atoms with van der Waals surface area (Å²) in [4.78, 5) is 4.04. The minimum atomic E-state index is 0.655. The molecule has 2 N–H and O–H groups in total. The smallest absolute Gasteiger partial charge is 0.113 e. The summed E-state index contributed by atoms with van der Waals surface area (Å²) in [5, 5.41) is 0. The van der Waals surface area contributed by atoms with Crippen LogP contribution in [0.15, 0.2) is 18.3 Å². The van der Waals surface area contributed by atoms with Gasteiger partial charge in [-0.1, -0.05) is 5.92 Å². The Morgan fingerprint density at radius 3 is 3.00 bits per heavy atom. The van der Waals surface area contributed by atoms with Gasteiger partial charge in [0.25, 0.3) is 0 Å². The number of methoxy groups -OCH3 is 1. The Kier molecular flexibility index (Phi) is 3.80. The van der Waals surface area contributed by atoms with Gasteiger partial charge in [0.05, 0.1) is 18.5 Å². The summed E-state index contributed by atoms with van der Waals surface area (Å²) >= 11 is 0. The molecule has 0 aromatic carbocycles. The van der Waals surface area contributed by atoms with E-state index in [-0.39, 0.29) is 0 Å². The quantitative estimate of drug-likeness (QED) is 0.541. The Balaban J connectivity index is 2.52. The van der Waals surface area contributed by atoms with Crippen LogP contribution in [0.3, 0.4) is 0 Å². The highest BCUT2D eigenvalue weighted by Gasteiger charge is 1.86. The molecule has 0 spiro atoms. The van der Waals surface area contributed by atoms with E-state index in [9.17, 15) is 0 Å². The molecule has 0 saturated heterocycles. The highest BCUT2D eigenvalue weighted by atomic mass is 16.5. The topological polar surface area (TPSA) is 48.1 Å². The van der Waals surface area contributed by atoms with Gasteiger partial charge in [-0.05, 0) is 18.1 Å². The Morgan fingerprint density at radius 1 is 1.54 bits per heavy atom. The molecule has 3 heteroatoms. The normalized spacial score (nSPS) is 9.00. The van der Waals surface area contributed by atoms with Gasteiger partial charge < -0.3 is 10.5 Å². The Labute approximate surface area is 77.9 Å². The molecule has 0 atom stereocenters. The molecule has 1 aromatic heterocycles. The van der Waals surface area contributed by atoms with Crippen molar-refractivity contribution in [3.8, 4) is 11.8 Å². The van der Waals surface area contributed by atoms with E-state index in [1.807, 2.05) is 0 Å². The fourth-order valence-corrected chi connectivity index (χ4v) is 0.785. The number of nitrogens with two attached hydrogens (primary N) is 1. The third-order valence-electron chi connectivity index (χ3n) is 1.43. The molecule has 1 heterocycles. The first-order valence-corrected chi connectivity index (χ1v) is 4.02. The molecule has 1 aromatic rings. The number of pyridine rings is 1. The number of aromatic nitrogens is 1. The predicted octanol–water partition coefficient (Wildman–Crippen LogP) is 1.05. The van der Waals surface area contributed by atoms with Crippen molar-refractivity contribution in [2.24, 2.45) is 0 Å². The van der Waals surface area contributed by atoms with Gasteiger partial charge in [-0.2, -0.15) is 0 Å². The molecular formula is C10H12N2O. The lowest BCUT2D eigenvalue weighted by molar-refractivity contribution is 0.206. The summed E-state index contributed by atoms with van der Waals surface area (Å²) in [6.45, 7) is 0.655. The first-order chi connectivity index (χ1) is 6.33. The van der Waals surface area contributed by atoms with E-state index >= 15 is 0 Å². The predicted molar refractivity (Wildman–Crippen MR) is 52.0 cm³/mol. The van der Waals surface area contributed by atoms with E-state index in [2.05, 4.69) is 16.8 Å². The van der Waals surface area contributed by atoms with Crippen molar-refractivity contribution in [2.45, 2.75) is 6.42 Å². The Morgan fingerprint density at radius 2 is 2.38 bits per heavy atom. The lowest BCUT2D eigenvalue weighted by atomic mass is 10.3. The summed E-state index contributed by atoms with van der Waals surface area (Å²) in [5.41, 5.74) is 6.87. The lowest BCUT2D eigenvalue weighted by Crippen LogP contribution is -1.88. The molecule has 0 radical (unpaired) electrons. The van der Waals surface area contributed by atoms with Gasteiger partial charge in [0.1, 0.15) is 5.69 Å². The highest BCUT2D eigenvalue weighted by Crippen LogP contribution is 1.98. The summed E-state index contributed by atoms with van der Waals surface area (Å²) in [7, 11) is 1.66. The van der Waals surface area contributed by atoms with Gasteiger partial charge in [0, 0.05) is 13.5 Å². The van der Waals surface area contributed by atoms with Crippen molar-refractivity contribution >= 4 is 5.69 Å². The van der Waals surface area contributed by atoms with Crippen LogP contribution in [-0.2, 0) is 4.74 Å². The average molecular weight is 176 g/mol. The second-order valence-electron chi connectivity index (χ2n) is 2.52. The largest absolute Gasteiger partial charge is 0.397 e. The van der Waals surface area contributed by atoms with Crippen LogP contribution in [0.1, 0.15) is 12.1 Å². The van der Waals surface area contributed by atoms with Crippen LogP contribution in [-0.4, -0.2) is 18.7 Å². The monoisotopic (exact) mass is 176 g/mol. The fourth-order valence-electron chi connectivity index (χ4n) is 0.785. The molecule has 0 bridgehead atoms. The molecular weight excluding hydrogens is 164 g/mol. The van der Waals surface area contributed by atoms with E-state index in [4.69, 9.17) is 10.5 Å². The zero-order valence-electron chi connectivity index (χ0n) is 7.58. The molecule has 0 fully saturated rings. The SMILES string of the molecule is COCCC#Cc1ccc(N)cn1. The van der Waals surface area contributed by atoms with Crippen LogP contribution >= 0.6 is 0 Å². The number of anilines is 1. The van der Waals surface area contributed by atoms with Gasteiger partial charge >= 0.3 is 0 Å². The maximum Gasteiger partial charge on any atom is 0.113 e. The number of hydrogen-bond acceptors (Lipinski definition) is 3. The number of nitrogen functional groups attached to an aromatic ring is 1. The van der Waals surface area contributed by atoms with Gasteiger partial charge in [-0.15, -0.1) is 0 Å². The average Bonchev–Trinajstić information content (AvgIpc) is 2.15. The lowest BCUT2D eigenvalue weighted by Gasteiger charge is -1.91. The maximum absolute atomic E-state index is 5.47. The van der Waals surface area contributed by atoms with Gasteiger partial charge in [0.2, 0.25) is 0 Å². The van der Waals surface area contributed by atoms with Crippen LogP contribution in [0.2, 0.25) is 0 Å². The minimum absolute atomic E-state index is 0.655. The molecule has 0 saturated carbocycles. The first-order valence-electron chi connectivity index (χ1n) is 4.02. The molecule has 13 heavy (non-hydrogen) atoms. The summed E-state index contributed by atoms with van der Waals surface area (Å²) in [6, 6.07) is 3.59. The molecule has 3 nitrogen and oxygen atoms in total. The Hall–Kier alpha value is -1.53. The zero-order valence-corrected chi connectivity index (χ0v) is 7.58. The van der Waals surface area contributed by atoms with Crippen LogP contribution in [0, 0.1) is 11.8 Å². The van der Waals surface area contributed by atoms with Crippen molar-refractivity contribution in [3.63, 3.8) is 0 Å². The highest BCUT2D eigenvalue weighted by molar-refractivity contribution is 5.38. The van der Waals surface area contributed by atoms with Crippen molar-refractivity contribution in [1.29, 1.82) is 0 Å². The van der Waals surface area contributed by atoms with Crippen LogP contribution < -0.4 is 5.73 Å². The fraction of sp³-hybridized carbons (Fsp3) is 0.300. The van der Waals surface area contributed by atoms with Crippen LogP contribution in [0.5, 0.6) is 0 Å². The van der Waals surface area contributed by atoms with Gasteiger partial charge in [-0.25, -0.2) is 4.98 Å². The molecule has 0 amide bonds. The van der Waals surface area contributed by atoms with E-state index in [0.29, 0.717) is 12.3 Å². The van der Waals surface area contributed by atoms with Gasteiger partial charge in [-0.3, -0.25) is 0 Å².